The topological polar surface area (TPSA) is 92.2 Å². The second-order valence-corrected chi connectivity index (χ2v) is 3.32. The molecule has 16 heavy (non-hydrogen) atoms. The van der Waals surface area contributed by atoms with Crippen molar-refractivity contribution < 1.29 is 14.7 Å². The highest BCUT2D eigenvalue weighted by atomic mass is 16.4. The third-order valence-electron chi connectivity index (χ3n) is 2.03. The Balaban J connectivity index is 2.71. The molecular weight excluding hydrogens is 210 g/mol. The smallest absolute Gasteiger partial charge is 0.326 e. The molecule has 1 aromatic heterocycles. The predicted molar refractivity (Wildman–Crippen MR) is 56.0 cm³/mol. The first-order valence-corrected chi connectivity index (χ1v) is 4.87. The van der Waals surface area contributed by atoms with E-state index in [1.54, 1.807) is 13.8 Å². The minimum absolute atomic E-state index is 0.116. The van der Waals surface area contributed by atoms with Crippen molar-refractivity contribution in [3.8, 4) is 0 Å². The number of aromatic nitrogens is 2. The summed E-state index contributed by atoms with van der Waals surface area (Å²) in [5, 5.41) is 11.1. The Labute approximate surface area is 92.7 Å². The second-order valence-electron chi connectivity index (χ2n) is 3.32. The maximum Gasteiger partial charge on any atom is 0.326 e. The number of carboxylic acid groups (broad SMARTS) is 1. The number of aryl methyl sites for hydroxylation is 1. The number of amides is 1. The fraction of sp³-hybridized carbons (Fsp3) is 0.400. The van der Waals surface area contributed by atoms with Gasteiger partial charge in [0, 0.05) is 6.20 Å². The van der Waals surface area contributed by atoms with Crippen molar-refractivity contribution >= 4 is 11.9 Å². The summed E-state index contributed by atoms with van der Waals surface area (Å²) in [6.45, 7) is 3.43. The van der Waals surface area contributed by atoms with Gasteiger partial charge >= 0.3 is 5.97 Å². The summed E-state index contributed by atoms with van der Waals surface area (Å²) in [4.78, 5) is 30.0. The van der Waals surface area contributed by atoms with Crippen molar-refractivity contribution in [1.82, 2.24) is 15.3 Å². The quantitative estimate of drug-likeness (QED) is 0.769. The highest BCUT2D eigenvalue weighted by Gasteiger charge is 2.19. The molecule has 0 aliphatic heterocycles. The Bertz CT molecular complexity index is 389. The van der Waals surface area contributed by atoms with E-state index < -0.39 is 17.9 Å². The first kappa shape index (κ1) is 12.1. The Kier molecular flexibility index (Phi) is 3.93. The zero-order valence-electron chi connectivity index (χ0n) is 9.10. The van der Waals surface area contributed by atoms with E-state index in [1.807, 2.05) is 0 Å². The van der Waals surface area contributed by atoms with Crippen LogP contribution >= 0.6 is 0 Å². The van der Waals surface area contributed by atoms with Crippen LogP contribution in [0.25, 0.3) is 0 Å². The lowest BCUT2D eigenvalue weighted by Gasteiger charge is -2.11. The molecule has 0 fully saturated rings. The van der Waals surface area contributed by atoms with Gasteiger partial charge in [0.25, 0.3) is 5.91 Å². The molecule has 6 heteroatoms. The van der Waals surface area contributed by atoms with Crippen LogP contribution in [0.2, 0.25) is 0 Å². The molecule has 1 aromatic rings. The van der Waals surface area contributed by atoms with Gasteiger partial charge in [0.05, 0.1) is 11.9 Å². The number of carbonyl (C=O) groups is 2. The van der Waals surface area contributed by atoms with E-state index in [9.17, 15) is 9.59 Å². The van der Waals surface area contributed by atoms with E-state index in [0.717, 1.165) is 0 Å². The number of carboxylic acids is 1. The van der Waals surface area contributed by atoms with Crippen LogP contribution in [0.5, 0.6) is 0 Å². The molecule has 0 spiro atoms. The largest absolute Gasteiger partial charge is 0.480 e. The Morgan fingerprint density at radius 2 is 2.12 bits per heavy atom. The summed E-state index contributed by atoms with van der Waals surface area (Å²) < 4.78 is 0. The monoisotopic (exact) mass is 223 g/mol. The van der Waals surface area contributed by atoms with Crippen LogP contribution < -0.4 is 5.32 Å². The van der Waals surface area contributed by atoms with Gasteiger partial charge in [-0.25, -0.2) is 9.78 Å². The van der Waals surface area contributed by atoms with Crippen LogP contribution in [0.3, 0.4) is 0 Å². The predicted octanol–water partition coefficient (Wildman–Crippen LogP) is 0.378. The van der Waals surface area contributed by atoms with Crippen molar-refractivity contribution in [1.29, 1.82) is 0 Å². The Hall–Kier alpha value is -1.98. The number of nitrogens with zero attached hydrogens (tertiary/aromatic N) is 2. The van der Waals surface area contributed by atoms with Gasteiger partial charge in [-0.05, 0) is 13.3 Å². The average molecular weight is 223 g/mol. The molecule has 86 valence electrons. The summed E-state index contributed by atoms with van der Waals surface area (Å²) in [7, 11) is 0. The number of nitrogens with one attached hydrogen (secondary N) is 1. The Morgan fingerprint density at radius 1 is 1.44 bits per heavy atom. The van der Waals surface area contributed by atoms with E-state index >= 15 is 0 Å². The van der Waals surface area contributed by atoms with Crippen molar-refractivity contribution in [2.24, 2.45) is 0 Å². The fourth-order valence-corrected chi connectivity index (χ4v) is 1.08. The van der Waals surface area contributed by atoms with Gasteiger partial charge in [0.15, 0.2) is 0 Å². The molecule has 2 N–H and O–H groups in total. The van der Waals surface area contributed by atoms with Gasteiger partial charge in [-0.15, -0.1) is 0 Å². The molecule has 0 aromatic carbocycles. The van der Waals surface area contributed by atoms with E-state index in [0.29, 0.717) is 12.1 Å². The normalized spacial score (nSPS) is 11.9. The average Bonchev–Trinajstić information content (AvgIpc) is 2.26. The fourth-order valence-electron chi connectivity index (χ4n) is 1.08. The van der Waals surface area contributed by atoms with Crippen molar-refractivity contribution in [2.45, 2.75) is 26.3 Å². The molecule has 1 heterocycles. The molecule has 0 radical (unpaired) electrons. The van der Waals surface area contributed by atoms with Crippen LogP contribution in [-0.2, 0) is 4.79 Å². The molecule has 6 nitrogen and oxygen atoms in total. The van der Waals surface area contributed by atoms with Crippen LogP contribution in [0, 0.1) is 6.92 Å². The summed E-state index contributed by atoms with van der Waals surface area (Å²) in [6.07, 6.45) is 3.09. The maximum atomic E-state index is 11.6. The van der Waals surface area contributed by atoms with Crippen molar-refractivity contribution in [2.75, 3.05) is 0 Å². The van der Waals surface area contributed by atoms with Gasteiger partial charge < -0.3 is 10.4 Å². The lowest BCUT2D eigenvalue weighted by atomic mass is 10.2. The van der Waals surface area contributed by atoms with Crippen LogP contribution in [0.1, 0.15) is 29.5 Å². The standard InChI is InChI=1S/C10H13N3O3/c1-3-7(10(15)16)13-9(14)8-5-11-6(2)4-12-8/h4-5,7H,3H2,1-2H3,(H,13,14)(H,15,16)/t7-/m1/s1. The number of carbonyl (C=O) groups excluding carboxylic acids is 1. The molecule has 0 bridgehead atoms. The minimum Gasteiger partial charge on any atom is -0.480 e. The van der Waals surface area contributed by atoms with E-state index in [1.165, 1.54) is 12.4 Å². The molecule has 1 atom stereocenters. The van der Waals surface area contributed by atoms with Crippen molar-refractivity contribution in [3.05, 3.63) is 23.8 Å². The first-order chi connectivity index (χ1) is 7.54. The third kappa shape index (κ3) is 3.01. The zero-order valence-corrected chi connectivity index (χ0v) is 9.10. The molecule has 1 amide bonds. The Morgan fingerprint density at radius 3 is 2.56 bits per heavy atom. The molecule has 1 rings (SSSR count). The summed E-state index contributed by atoms with van der Waals surface area (Å²) >= 11 is 0. The molecule has 0 aliphatic rings. The van der Waals surface area contributed by atoms with Gasteiger partial charge in [0.1, 0.15) is 11.7 Å². The van der Waals surface area contributed by atoms with Gasteiger partial charge in [-0.1, -0.05) is 6.92 Å². The van der Waals surface area contributed by atoms with Crippen molar-refractivity contribution in [3.63, 3.8) is 0 Å². The van der Waals surface area contributed by atoms with Gasteiger partial charge in [-0.3, -0.25) is 9.78 Å². The SMILES string of the molecule is CC[C@@H](NC(=O)c1cnc(C)cn1)C(=O)O. The number of rotatable bonds is 4. The van der Waals surface area contributed by atoms with Crippen LogP contribution in [0.4, 0.5) is 0 Å². The van der Waals surface area contributed by atoms with Gasteiger partial charge in [-0.2, -0.15) is 0 Å². The van der Waals surface area contributed by atoms with E-state index in [4.69, 9.17) is 5.11 Å². The van der Waals surface area contributed by atoms with E-state index in [-0.39, 0.29) is 5.69 Å². The highest BCUT2D eigenvalue weighted by molar-refractivity contribution is 5.94. The summed E-state index contributed by atoms with van der Waals surface area (Å²) in [5.41, 5.74) is 0.812. The molecule has 0 saturated carbocycles. The summed E-state index contributed by atoms with van der Waals surface area (Å²) in [5.74, 6) is -1.59. The lowest BCUT2D eigenvalue weighted by molar-refractivity contribution is -0.139. The second kappa shape index (κ2) is 5.20. The number of aliphatic carboxylic acids is 1. The molecular formula is C10H13N3O3. The maximum absolute atomic E-state index is 11.6. The van der Waals surface area contributed by atoms with Gasteiger partial charge in [0.2, 0.25) is 0 Å². The summed E-state index contributed by atoms with van der Waals surface area (Å²) in [6, 6.07) is -0.893. The number of hydrogen-bond donors (Lipinski definition) is 2. The molecule has 0 unspecified atom stereocenters. The minimum atomic E-state index is -1.06. The van der Waals surface area contributed by atoms with E-state index in [2.05, 4.69) is 15.3 Å². The highest BCUT2D eigenvalue weighted by Crippen LogP contribution is 1.97. The molecule has 0 aliphatic carbocycles. The van der Waals surface area contributed by atoms with Crippen LogP contribution in [-0.4, -0.2) is 33.0 Å². The molecule has 0 saturated heterocycles. The number of hydrogen-bond acceptors (Lipinski definition) is 4. The lowest BCUT2D eigenvalue weighted by Crippen LogP contribution is -2.40. The zero-order chi connectivity index (χ0) is 12.1. The third-order valence-corrected chi connectivity index (χ3v) is 2.03. The van der Waals surface area contributed by atoms with Crippen LogP contribution in [0.15, 0.2) is 12.4 Å². The first-order valence-electron chi connectivity index (χ1n) is 4.87.